The average molecular weight is 257 g/mol. The molecule has 1 saturated heterocycles. The number of likely N-dealkylation sites (tertiary alicyclic amines) is 1. The topological polar surface area (TPSA) is 49.6 Å². The Hall–Kier alpha value is -0.680. The lowest BCUT2D eigenvalue weighted by Gasteiger charge is -2.36. The zero-order valence-corrected chi connectivity index (χ0v) is 11.8. The fourth-order valence-corrected chi connectivity index (χ4v) is 2.59. The van der Waals surface area contributed by atoms with Crippen molar-refractivity contribution in [3.8, 4) is 0 Å². The van der Waals surface area contributed by atoms with Gasteiger partial charge in [0.05, 0.1) is 10.9 Å². The molecule has 0 aromatic heterocycles. The molecule has 1 heterocycles. The highest BCUT2D eigenvalue weighted by Crippen LogP contribution is 2.17. The standard InChI is InChI=1S/C12H23N3OS/c1-4-10(11(13)17)12(16)15-7-5-9(6-8-15)14(2)3/h9-10H,4-8H2,1-3H3,(H2,13,17). The van der Waals surface area contributed by atoms with Crippen LogP contribution in [0.2, 0.25) is 0 Å². The summed E-state index contributed by atoms with van der Waals surface area (Å²) < 4.78 is 0. The number of amides is 1. The number of hydrogen-bond donors (Lipinski definition) is 1. The molecule has 1 aliphatic rings. The lowest BCUT2D eigenvalue weighted by molar-refractivity contribution is -0.134. The van der Waals surface area contributed by atoms with Crippen LogP contribution in [0.15, 0.2) is 0 Å². The van der Waals surface area contributed by atoms with E-state index in [-0.39, 0.29) is 11.8 Å². The van der Waals surface area contributed by atoms with Crippen LogP contribution in [0.4, 0.5) is 0 Å². The van der Waals surface area contributed by atoms with E-state index in [2.05, 4.69) is 19.0 Å². The van der Waals surface area contributed by atoms with Gasteiger partial charge in [0.2, 0.25) is 5.91 Å². The van der Waals surface area contributed by atoms with Crippen molar-refractivity contribution in [1.29, 1.82) is 0 Å². The van der Waals surface area contributed by atoms with Gasteiger partial charge in [0.1, 0.15) is 0 Å². The van der Waals surface area contributed by atoms with Crippen LogP contribution in [0, 0.1) is 5.92 Å². The normalized spacial score (nSPS) is 19.4. The van der Waals surface area contributed by atoms with E-state index >= 15 is 0 Å². The van der Waals surface area contributed by atoms with Gasteiger partial charge in [-0.1, -0.05) is 19.1 Å². The van der Waals surface area contributed by atoms with Crippen LogP contribution in [-0.2, 0) is 4.79 Å². The molecule has 1 amide bonds. The first-order valence-electron chi connectivity index (χ1n) is 6.21. The van der Waals surface area contributed by atoms with Gasteiger partial charge in [0.25, 0.3) is 0 Å². The molecule has 1 aliphatic heterocycles. The Labute approximate surface area is 109 Å². The van der Waals surface area contributed by atoms with Crippen LogP contribution >= 0.6 is 12.2 Å². The van der Waals surface area contributed by atoms with E-state index in [9.17, 15) is 4.79 Å². The van der Waals surface area contributed by atoms with Gasteiger partial charge in [0, 0.05) is 19.1 Å². The van der Waals surface area contributed by atoms with Gasteiger partial charge in [0.15, 0.2) is 0 Å². The number of rotatable bonds is 4. The minimum Gasteiger partial charge on any atom is -0.393 e. The third-order valence-electron chi connectivity index (χ3n) is 3.56. The second kappa shape index (κ2) is 6.31. The maximum absolute atomic E-state index is 12.2. The summed E-state index contributed by atoms with van der Waals surface area (Å²) in [6.07, 6.45) is 2.76. The van der Waals surface area contributed by atoms with E-state index < -0.39 is 0 Å². The molecular weight excluding hydrogens is 234 g/mol. The highest BCUT2D eigenvalue weighted by molar-refractivity contribution is 7.80. The summed E-state index contributed by atoms with van der Waals surface area (Å²) >= 11 is 4.95. The molecule has 0 aliphatic carbocycles. The monoisotopic (exact) mass is 257 g/mol. The van der Waals surface area contributed by atoms with E-state index in [4.69, 9.17) is 18.0 Å². The van der Waals surface area contributed by atoms with Crippen LogP contribution in [0.1, 0.15) is 26.2 Å². The summed E-state index contributed by atoms with van der Waals surface area (Å²) in [5, 5.41) is 0. The van der Waals surface area contributed by atoms with E-state index in [1.807, 2.05) is 11.8 Å². The Morgan fingerprint density at radius 1 is 1.47 bits per heavy atom. The molecule has 5 heteroatoms. The van der Waals surface area contributed by atoms with Crippen molar-refractivity contribution >= 4 is 23.1 Å². The van der Waals surface area contributed by atoms with Crippen molar-refractivity contribution < 1.29 is 4.79 Å². The molecule has 0 bridgehead atoms. The summed E-state index contributed by atoms with van der Waals surface area (Å²) in [7, 11) is 4.18. The smallest absolute Gasteiger partial charge is 0.232 e. The number of thiocarbonyl (C=S) groups is 1. The molecule has 98 valence electrons. The van der Waals surface area contributed by atoms with Crippen molar-refractivity contribution in [2.75, 3.05) is 27.2 Å². The van der Waals surface area contributed by atoms with Crippen molar-refractivity contribution in [3.63, 3.8) is 0 Å². The van der Waals surface area contributed by atoms with Crippen molar-refractivity contribution in [2.45, 2.75) is 32.2 Å². The molecule has 17 heavy (non-hydrogen) atoms. The van der Waals surface area contributed by atoms with E-state index in [1.54, 1.807) is 0 Å². The Bertz CT molecular complexity index is 285. The number of carbonyl (C=O) groups excluding carboxylic acids is 1. The first-order valence-corrected chi connectivity index (χ1v) is 6.62. The minimum atomic E-state index is -0.277. The van der Waals surface area contributed by atoms with Gasteiger partial charge < -0.3 is 15.5 Å². The molecule has 1 unspecified atom stereocenters. The highest BCUT2D eigenvalue weighted by atomic mass is 32.1. The van der Waals surface area contributed by atoms with Gasteiger partial charge >= 0.3 is 0 Å². The summed E-state index contributed by atoms with van der Waals surface area (Å²) in [6.45, 7) is 3.59. The second-order valence-corrected chi connectivity index (χ2v) is 5.35. The summed E-state index contributed by atoms with van der Waals surface area (Å²) in [6, 6.07) is 0.587. The maximum Gasteiger partial charge on any atom is 0.232 e. The van der Waals surface area contributed by atoms with Gasteiger partial charge in [-0.3, -0.25) is 4.79 Å². The fraction of sp³-hybridized carbons (Fsp3) is 0.833. The SMILES string of the molecule is CCC(C(=O)N1CCC(N(C)C)CC1)C(N)=S. The molecular formula is C12H23N3OS. The molecule has 4 nitrogen and oxygen atoms in total. The average Bonchev–Trinajstić information content (AvgIpc) is 2.29. The summed E-state index contributed by atoms with van der Waals surface area (Å²) in [4.78, 5) is 16.7. The van der Waals surface area contributed by atoms with E-state index in [0.717, 1.165) is 25.9 Å². The predicted molar refractivity (Wildman–Crippen MR) is 73.9 cm³/mol. The Morgan fingerprint density at radius 2 is 2.00 bits per heavy atom. The molecule has 0 aromatic carbocycles. The quantitative estimate of drug-likeness (QED) is 0.759. The first-order chi connectivity index (χ1) is 7.97. The Balaban J connectivity index is 2.53. The highest BCUT2D eigenvalue weighted by Gasteiger charge is 2.29. The number of piperidine rings is 1. The summed E-state index contributed by atoms with van der Waals surface area (Å²) in [5.74, 6) is -0.168. The van der Waals surface area contributed by atoms with Crippen LogP contribution < -0.4 is 5.73 Å². The molecule has 0 radical (unpaired) electrons. The zero-order chi connectivity index (χ0) is 13.0. The van der Waals surface area contributed by atoms with Gasteiger partial charge in [-0.05, 0) is 33.4 Å². The molecule has 0 aromatic rings. The minimum absolute atomic E-state index is 0.109. The molecule has 0 saturated carbocycles. The van der Waals surface area contributed by atoms with Crippen LogP contribution in [0.3, 0.4) is 0 Å². The summed E-state index contributed by atoms with van der Waals surface area (Å²) in [5.41, 5.74) is 5.61. The van der Waals surface area contributed by atoms with Gasteiger partial charge in [-0.25, -0.2) is 0 Å². The number of nitrogens with two attached hydrogens (primary N) is 1. The van der Waals surface area contributed by atoms with Crippen LogP contribution in [0.5, 0.6) is 0 Å². The zero-order valence-electron chi connectivity index (χ0n) is 11.0. The van der Waals surface area contributed by atoms with Crippen molar-refractivity contribution in [3.05, 3.63) is 0 Å². The Kier molecular flexibility index (Phi) is 5.33. The molecule has 2 N–H and O–H groups in total. The molecule has 1 rings (SSSR count). The second-order valence-electron chi connectivity index (χ2n) is 4.88. The van der Waals surface area contributed by atoms with E-state index in [0.29, 0.717) is 17.5 Å². The third kappa shape index (κ3) is 3.64. The van der Waals surface area contributed by atoms with Crippen LogP contribution in [-0.4, -0.2) is 53.9 Å². The van der Waals surface area contributed by atoms with Gasteiger partial charge in [-0.15, -0.1) is 0 Å². The van der Waals surface area contributed by atoms with Crippen molar-refractivity contribution in [2.24, 2.45) is 11.7 Å². The molecule has 1 atom stereocenters. The van der Waals surface area contributed by atoms with Crippen molar-refractivity contribution in [1.82, 2.24) is 9.80 Å². The third-order valence-corrected chi connectivity index (χ3v) is 3.84. The molecule has 1 fully saturated rings. The fourth-order valence-electron chi connectivity index (χ4n) is 2.32. The molecule has 0 spiro atoms. The largest absolute Gasteiger partial charge is 0.393 e. The lowest BCUT2D eigenvalue weighted by Crippen LogP contribution is -2.48. The predicted octanol–water partition coefficient (Wildman–Crippen LogP) is 0.851. The Morgan fingerprint density at radius 3 is 2.35 bits per heavy atom. The number of hydrogen-bond acceptors (Lipinski definition) is 3. The number of nitrogens with zero attached hydrogens (tertiary/aromatic N) is 2. The van der Waals surface area contributed by atoms with E-state index in [1.165, 1.54) is 0 Å². The first kappa shape index (κ1) is 14.4. The maximum atomic E-state index is 12.2. The van der Waals surface area contributed by atoms with Crippen LogP contribution in [0.25, 0.3) is 0 Å². The lowest BCUT2D eigenvalue weighted by atomic mass is 10.00. The van der Waals surface area contributed by atoms with Gasteiger partial charge in [-0.2, -0.15) is 0 Å². The number of carbonyl (C=O) groups is 1.